The first-order valence-corrected chi connectivity index (χ1v) is 3.84. The number of aliphatic carboxylic acids is 1. The third kappa shape index (κ3) is 9.74. The molecule has 0 fully saturated rings. The Balaban J connectivity index is 0. The Morgan fingerprint density at radius 1 is 1.42 bits per heavy atom. The van der Waals surface area contributed by atoms with E-state index < -0.39 is 5.97 Å². The molecule has 4 nitrogen and oxygen atoms in total. The summed E-state index contributed by atoms with van der Waals surface area (Å²) in [4.78, 5) is 10.1. The molecule has 0 rings (SSSR count). The number of rotatable bonds is 6. The van der Waals surface area contributed by atoms with Crippen molar-refractivity contribution < 1.29 is 9.90 Å². The van der Waals surface area contributed by atoms with Gasteiger partial charge in [-0.3, -0.25) is 4.79 Å². The van der Waals surface area contributed by atoms with Crippen LogP contribution in [0.5, 0.6) is 0 Å². The summed E-state index contributed by atoms with van der Waals surface area (Å²) in [5.74, 6) is -0.828. The van der Waals surface area contributed by atoms with E-state index in [4.69, 9.17) is 16.6 Å². The highest BCUT2D eigenvalue weighted by molar-refractivity contribution is 7.59. The van der Waals surface area contributed by atoms with Crippen LogP contribution in [0.1, 0.15) is 25.7 Å². The molecule has 0 aromatic rings. The number of hydrogen-bond acceptors (Lipinski definition) is 3. The van der Waals surface area contributed by atoms with Crippen molar-refractivity contribution in [3.63, 3.8) is 0 Å². The summed E-state index contributed by atoms with van der Waals surface area (Å²) in [6.45, 7) is 0.653. The first-order chi connectivity index (χ1) is 5.16. The molecule has 0 aliphatic carbocycles. The highest BCUT2D eigenvalue weighted by Gasteiger charge is 2.06. The number of carboxylic acids is 1. The topological polar surface area (TPSA) is 89.3 Å². The van der Waals surface area contributed by atoms with Crippen LogP contribution in [0.2, 0.25) is 0 Å². The van der Waals surface area contributed by atoms with E-state index in [1.54, 1.807) is 0 Å². The summed E-state index contributed by atoms with van der Waals surface area (Å²) >= 11 is 0. The quantitative estimate of drug-likeness (QED) is 0.520. The summed E-state index contributed by atoms with van der Waals surface area (Å²) in [5, 5.41) is 8.34. The molecule has 0 aromatic carbocycles. The van der Waals surface area contributed by atoms with Crippen LogP contribution >= 0.6 is 13.5 Å². The van der Waals surface area contributed by atoms with E-state index in [1.165, 1.54) is 0 Å². The molecule has 0 heterocycles. The molecule has 1 atom stereocenters. The highest BCUT2D eigenvalue weighted by Crippen LogP contribution is 2.00. The second kappa shape index (κ2) is 8.83. The lowest BCUT2D eigenvalue weighted by Gasteiger charge is -2.06. The van der Waals surface area contributed by atoms with E-state index in [9.17, 15) is 4.79 Å². The molecule has 74 valence electrons. The molecule has 12 heavy (non-hydrogen) atoms. The number of carbonyl (C=O) groups is 1. The minimum Gasteiger partial charge on any atom is -0.481 e. The van der Waals surface area contributed by atoms with Gasteiger partial charge in [-0.2, -0.15) is 13.5 Å². The van der Waals surface area contributed by atoms with Crippen LogP contribution in [0.4, 0.5) is 0 Å². The minimum absolute atomic E-state index is 0. The van der Waals surface area contributed by atoms with Crippen molar-refractivity contribution in [2.75, 3.05) is 6.54 Å². The Kier molecular flexibility index (Phi) is 10.5. The van der Waals surface area contributed by atoms with Gasteiger partial charge in [0.1, 0.15) is 0 Å². The summed E-state index contributed by atoms with van der Waals surface area (Å²) in [6.07, 6.45) is 2.66. The molecule has 5 heteroatoms. The first kappa shape index (κ1) is 14.3. The second-order valence-corrected chi connectivity index (χ2v) is 2.64. The normalized spacial score (nSPS) is 11.8. The fourth-order valence-corrected chi connectivity index (χ4v) is 0.877. The van der Waals surface area contributed by atoms with Gasteiger partial charge in [0.2, 0.25) is 0 Å². The van der Waals surface area contributed by atoms with Crippen LogP contribution in [0.15, 0.2) is 0 Å². The number of unbranched alkanes of at least 4 members (excludes halogenated alkanes) is 1. The van der Waals surface area contributed by atoms with Gasteiger partial charge in [-0.05, 0) is 19.4 Å². The summed E-state index contributed by atoms with van der Waals surface area (Å²) in [7, 11) is 0. The molecule has 0 saturated carbocycles. The van der Waals surface area contributed by atoms with Crippen molar-refractivity contribution in [1.82, 2.24) is 0 Å². The predicted molar refractivity (Wildman–Crippen MR) is 53.5 cm³/mol. The minimum atomic E-state index is -0.828. The molecule has 0 aliphatic heterocycles. The summed E-state index contributed by atoms with van der Waals surface area (Å²) in [5.41, 5.74) is 10.8. The average Bonchev–Trinajstić information content (AvgIpc) is 1.86. The van der Waals surface area contributed by atoms with Gasteiger partial charge in [0.05, 0.1) is 6.42 Å². The van der Waals surface area contributed by atoms with Gasteiger partial charge in [-0.1, -0.05) is 6.42 Å². The van der Waals surface area contributed by atoms with E-state index in [0.29, 0.717) is 6.54 Å². The monoisotopic (exact) mass is 194 g/mol. The molecule has 0 bridgehead atoms. The Morgan fingerprint density at radius 3 is 2.42 bits per heavy atom. The molecule has 5 N–H and O–H groups in total. The van der Waals surface area contributed by atoms with Crippen molar-refractivity contribution in [2.24, 2.45) is 11.5 Å². The third-order valence-electron chi connectivity index (χ3n) is 1.47. The molecule has 0 radical (unpaired) electrons. The zero-order valence-electron chi connectivity index (χ0n) is 7.12. The van der Waals surface area contributed by atoms with Crippen molar-refractivity contribution in [3.05, 3.63) is 0 Å². The Morgan fingerprint density at radius 2 is 2.00 bits per heavy atom. The number of hydrogen-bond donors (Lipinski definition) is 3. The maximum atomic E-state index is 10.1. The number of nitrogens with two attached hydrogens (primary N) is 2. The van der Waals surface area contributed by atoms with Crippen molar-refractivity contribution in [2.45, 2.75) is 31.7 Å². The zero-order valence-corrected chi connectivity index (χ0v) is 8.12. The van der Waals surface area contributed by atoms with E-state index in [2.05, 4.69) is 0 Å². The van der Waals surface area contributed by atoms with Crippen LogP contribution in [0.3, 0.4) is 0 Å². The maximum Gasteiger partial charge on any atom is 0.304 e. The molecule has 0 unspecified atom stereocenters. The van der Waals surface area contributed by atoms with E-state index in [0.717, 1.165) is 19.3 Å². The lowest BCUT2D eigenvalue weighted by atomic mass is 10.1. The SMILES string of the molecule is NCCCC[C@H](N)CC(=O)O.S. The Labute approximate surface area is 79.8 Å². The van der Waals surface area contributed by atoms with Gasteiger partial charge in [-0.25, -0.2) is 0 Å². The number of carboxylic acid groups (broad SMARTS) is 1. The van der Waals surface area contributed by atoms with Crippen LogP contribution in [-0.4, -0.2) is 23.7 Å². The lowest BCUT2D eigenvalue weighted by Crippen LogP contribution is -2.23. The standard InChI is InChI=1S/C7H16N2O2.H2S/c8-4-2-1-3-6(9)5-7(10)11;/h6H,1-5,8-9H2,(H,10,11);1H2/t6-;/m0./s1. The van der Waals surface area contributed by atoms with Crippen molar-refractivity contribution in [3.8, 4) is 0 Å². The van der Waals surface area contributed by atoms with Crippen molar-refractivity contribution in [1.29, 1.82) is 0 Å². The second-order valence-electron chi connectivity index (χ2n) is 2.64. The molecule has 0 saturated heterocycles. The zero-order chi connectivity index (χ0) is 8.69. The lowest BCUT2D eigenvalue weighted by molar-refractivity contribution is -0.137. The first-order valence-electron chi connectivity index (χ1n) is 3.84. The Bertz CT molecular complexity index is 122. The van der Waals surface area contributed by atoms with Gasteiger partial charge in [-0.15, -0.1) is 0 Å². The van der Waals surface area contributed by atoms with Crippen LogP contribution in [-0.2, 0) is 4.79 Å². The molecule has 0 aliphatic rings. The fraction of sp³-hybridized carbons (Fsp3) is 0.857. The third-order valence-corrected chi connectivity index (χ3v) is 1.47. The molecular formula is C7H18N2O2S. The fourth-order valence-electron chi connectivity index (χ4n) is 0.877. The van der Waals surface area contributed by atoms with E-state index in [-0.39, 0.29) is 26.0 Å². The van der Waals surface area contributed by atoms with Crippen LogP contribution < -0.4 is 11.5 Å². The van der Waals surface area contributed by atoms with Gasteiger partial charge in [0, 0.05) is 6.04 Å². The smallest absolute Gasteiger partial charge is 0.304 e. The van der Waals surface area contributed by atoms with E-state index >= 15 is 0 Å². The predicted octanol–water partition coefficient (Wildman–Crippen LogP) is 0.0302. The van der Waals surface area contributed by atoms with Gasteiger partial charge >= 0.3 is 5.97 Å². The molecular weight excluding hydrogens is 176 g/mol. The molecule has 0 amide bonds. The van der Waals surface area contributed by atoms with Crippen LogP contribution in [0, 0.1) is 0 Å². The van der Waals surface area contributed by atoms with Crippen molar-refractivity contribution >= 4 is 19.5 Å². The highest BCUT2D eigenvalue weighted by atomic mass is 32.1. The average molecular weight is 194 g/mol. The molecule has 0 aromatic heterocycles. The van der Waals surface area contributed by atoms with Crippen LogP contribution in [0.25, 0.3) is 0 Å². The Hall–Kier alpha value is -0.260. The van der Waals surface area contributed by atoms with Gasteiger partial charge in [0.15, 0.2) is 0 Å². The summed E-state index contributed by atoms with van der Waals surface area (Å²) < 4.78 is 0. The molecule has 0 spiro atoms. The summed E-state index contributed by atoms with van der Waals surface area (Å²) in [6, 6.07) is -0.209. The van der Waals surface area contributed by atoms with Gasteiger partial charge < -0.3 is 16.6 Å². The maximum absolute atomic E-state index is 10.1. The van der Waals surface area contributed by atoms with E-state index in [1.807, 2.05) is 0 Å². The largest absolute Gasteiger partial charge is 0.481 e. The van der Waals surface area contributed by atoms with Gasteiger partial charge in [0.25, 0.3) is 0 Å².